The molecule has 1 heterocycles. The molecule has 1 N–H and O–H groups in total. The molecule has 0 radical (unpaired) electrons. The van der Waals surface area contributed by atoms with Gasteiger partial charge in [-0.25, -0.2) is 0 Å². The molecule has 0 aliphatic heterocycles. The molecule has 134 valence electrons. The van der Waals surface area contributed by atoms with Gasteiger partial charge in [0.05, 0.1) is 0 Å². The molecule has 3 nitrogen and oxygen atoms in total. The predicted octanol–water partition coefficient (Wildman–Crippen LogP) is 5.92. The van der Waals surface area contributed by atoms with Gasteiger partial charge in [0.1, 0.15) is 11.5 Å². The van der Waals surface area contributed by atoms with Gasteiger partial charge in [0.2, 0.25) is 0 Å². The number of benzene rings is 2. The number of hydrogen-bond acceptors (Lipinski definition) is 2. The van der Waals surface area contributed by atoms with Crippen LogP contribution in [0.3, 0.4) is 0 Å². The summed E-state index contributed by atoms with van der Waals surface area (Å²) >= 11 is 5.99. The molecule has 2 aromatic carbocycles. The van der Waals surface area contributed by atoms with Crippen molar-refractivity contribution in [2.24, 2.45) is 0 Å². The molecule has 0 amide bonds. The minimum absolute atomic E-state index is 0. The summed E-state index contributed by atoms with van der Waals surface area (Å²) in [6.45, 7) is 1.97. The summed E-state index contributed by atoms with van der Waals surface area (Å²) in [6, 6.07) is 14.9. The highest BCUT2D eigenvalue weighted by atomic mass is 35.5. The van der Waals surface area contributed by atoms with E-state index in [0.29, 0.717) is 16.5 Å². The van der Waals surface area contributed by atoms with Crippen molar-refractivity contribution in [2.45, 2.75) is 32.6 Å². The molecule has 0 atom stereocenters. The first-order valence-electron chi connectivity index (χ1n) is 8.90. The summed E-state index contributed by atoms with van der Waals surface area (Å²) in [7, 11) is 0. The topological polar surface area (TPSA) is 42.1 Å². The number of aromatic amines is 1. The molecule has 26 heavy (non-hydrogen) atoms. The molecule has 0 saturated heterocycles. The van der Waals surface area contributed by atoms with Crippen molar-refractivity contribution < 1.29 is 6.16 Å². The van der Waals surface area contributed by atoms with Crippen molar-refractivity contribution >= 4 is 11.6 Å². The smallest absolute Gasteiger partial charge is 0.193 e. The van der Waals surface area contributed by atoms with Gasteiger partial charge < -0.3 is 9.72 Å². The Hall–Kier alpha value is -2.52. The molecular weight excluding hydrogens is 346 g/mol. The number of rotatable bonds is 3. The van der Waals surface area contributed by atoms with E-state index in [2.05, 4.69) is 4.98 Å². The van der Waals surface area contributed by atoms with E-state index in [9.17, 15) is 4.79 Å². The first-order chi connectivity index (χ1) is 12.6. The summed E-state index contributed by atoms with van der Waals surface area (Å²) < 4.78 is 5.83. The van der Waals surface area contributed by atoms with E-state index in [1.165, 1.54) is 0 Å². The Bertz CT molecular complexity index is 1010. The lowest BCUT2D eigenvalue weighted by Crippen LogP contribution is -2.21. The number of hydrogen-bond donors (Lipinski definition) is 1. The van der Waals surface area contributed by atoms with Gasteiger partial charge in [0, 0.05) is 29.0 Å². The second kappa shape index (κ2) is 7.00. The number of fused-ring (bicyclic) bond motifs is 1. The van der Waals surface area contributed by atoms with Crippen molar-refractivity contribution in [3.63, 3.8) is 0 Å². The minimum Gasteiger partial charge on any atom is -0.457 e. The van der Waals surface area contributed by atoms with Gasteiger partial charge in [0.15, 0.2) is 5.43 Å². The number of halogens is 1. The third-order valence-electron chi connectivity index (χ3n) is 4.86. The lowest BCUT2D eigenvalue weighted by molar-refractivity contribution is 0.483. The van der Waals surface area contributed by atoms with Gasteiger partial charge in [-0.2, -0.15) is 0 Å². The molecule has 0 spiro atoms. The number of aromatic nitrogens is 1. The molecule has 4 rings (SSSR count). The number of pyridine rings is 1. The zero-order valence-corrected chi connectivity index (χ0v) is 15.4. The summed E-state index contributed by atoms with van der Waals surface area (Å²) in [4.78, 5) is 16.4. The lowest BCUT2D eigenvalue weighted by atomic mass is 9.91. The summed E-state index contributed by atoms with van der Waals surface area (Å²) in [5.74, 6) is 1.40. The fraction of sp³-hybridized carbons (Fsp3) is 0.227. The van der Waals surface area contributed by atoms with Crippen LogP contribution in [-0.2, 0) is 12.8 Å². The monoisotopic (exact) mass is 367 g/mol. The van der Waals surface area contributed by atoms with Crippen molar-refractivity contribution in [3.8, 4) is 22.6 Å². The minimum atomic E-state index is 0. The van der Waals surface area contributed by atoms with E-state index < -0.39 is 0 Å². The Kier molecular flexibility index (Phi) is 4.56. The Morgan fingerprint density at radius 2 is 1.81 bits per heavy atom. The van der Waals surface area contributed by atoms with Gasteiger partial charge in [-0.05, 0) is 68.5 Å². The van der Waals surface area contributed by atoms with Crippen LogP contribution in [0, 0.1) is 6.92 Å². The summed E-state index contributed by atoms with van der Waals surface area (Å²) in [6.07, 6.45) is 4.08. The average Bonchev–Trinajstić information content (AvgIpc) is 2.63. The normalized spacial score (nSPS) is 13.3. The van der Waals surface area contributed by atoms with E-state index in [1.54, 1.807) is 6.07 Å². The van der Waals surface area contributed by atoms with Gasteiger partial charge in [0.25, 0.3) is 0 Å². The highest BCUT2D eigenvalue weighted by molar-refractivity contribution is 6.30. The van der Waals surface area contributed by atoms with Crippen LogP contribution in [0.15, 0.2) is 53.3 Å². The van der Waals surface area contributed by atoms with E-state index >= 15 is 0 Å². The first kappa shape index (κ1) is 16.9. The Morgan fingerprint density at radius 3 is 2.58 bits per heavy atom. The molecule has 1 aliphatic carbocycles. The molecule has 0 unspecified atom stereocenters. The van der Waals surface area contributed by atoms with Crippen LogP contribution < -0.4 is 10.2 Å². The maximum atomic E-state index is 13.0. The van der Waals surface area contributed by atoms with E-state index in [4.69, 9.17) is 16.3 Å². The molecular formula is C22H22ClNO2. The molecule has 1 aromatic heterocycles. The van der Waals surface area contributed by atoms with Crippen LogP contribution in [0.2, 0.25) is 5.02 Å². The fourth-order valence-corrected chi connectivity index (χ4v) is 3.79. The van der Waals surface area contributed by atoms with Crippen LogP contribution in [0.1, 0.15) is 31.2 Å². The van der Waals surface area contributed by atoms with Crippen molar-refractivity contribution in [1.29, 1.82) is 0 Å². The summed E-state index contributed by atoms with van der Waals surface area (Å²) in [5.41, 5.74) is 4.84. The van der Waals surface area contributed by atoms with Crippen LogP contribution >= 0.6 is 11.6 Å². The highest BCUT2D eigenvalue weighted by Crippen LogP contribution is 2.28. The second-order valence-electron chi connectivity index (χ2n) is 6.70. The van der Waals surface area contributed by atoms with Gasteiger partial charge in [-0.1, -0.05) is 29.8 Å². The zero-order chi connectivity index (χ0) is 18.1. The van der Waals surface area contributed by atoms with Crippen molar-refractivity contribution in [1.82, 2.24) is 4.98 Å². The number of ether oxygens (including phenoxy) is 1. The quantitative estimate of drug-likeness (QED) is 0.624. The first-order valence-corrected chi connectivity index (χ1v) is 9.28. The molecule has 0 saturated carbocycles. The van der Waals surface area contributed by atoms with Crippen LogP contribution in [-0.4, -0.2) is 4.98 Å². The van der Waals surface area contributed by atoms with E-state index in [1.807, 2.05) is 49.4 Å². The molecule has 1 aliphatic rings. The highest BCUT2D eigenvalue weighted by Gasteiger charge is 2.18. The van der Waals surface area contributed by atoms with Gasteiger partial charge in [-0.3, -0.25) is 4.79 Å². The molecule has 0 fully saturated rings. The number of aryl methyl sites for hydroxylation is 2. The standard InChI is InChI=1S/C22H20ClNO2.H2/c1-14-21(22(25)19-7-2-3-8-20(19)24-14)15-9-11-17(12-10-15)26-18-6-4-5-16(23)13-18;/h4-6,9-13H,2-3,7-8H2,1H3,(H,24,25);1H. The van der Waals surface area contributed by atoms with Gasteiger partial charge >= 0.3 is 0 Å². The Morgan fingerprint density at radius 1 is 1.04 bits per heavy atom. The van der Waals surface area contributed by atoms with Gasteiger partial charge in [-0.15, -0.1) is 0 Å². The van der Waals surface area contributed by atoms with Crippen molar-refractivity contribution in [3.05, 3.63) is 80.7 Å². The third kappa shape index (κ3) is 3.27. The maximum Gasteiger partial charge on any atom is 0.193 e. The summed E-state index contributed by atoms with van der Waals surface area (Å²) in [5, 5.41) is 0.635. The largest absolute Gasteiger partial charge is 0.457 e. The third-order valence-corrected chi connectivity index (χ3v) is 5.09. The number of H-pyrrole nitrogens is 1. The van der Waals surface area contributed by atoms with E-state index in [0.717, 1.165) is 53.8 Å². The molecule has 3 aromatic rings. The number of nitrogens with one attached hydrogen (secondary N) is 1. The lowest BCUT2D eigenvalue weighted by Gasteiger charge is -2.18. The molecule has 4 heteroatoms. The van der Waals surface area contributed by atoms with E-state index in [-0.39, 0.29) is 6.86 Å². The predicted molar refractivity (Wildman–Crippen MR) is 108 cm³/mol. The van der Waals surface area contributed by atoms with Crippen LogP contribution in [0.4, 0.5) is 0 Å². The van der Waals surface area contributed by atoms with Crippen LogP contribution in [0.25, 0.3) is 11.1 Å². The fourth-order valence-electron chi connectivity index (χ4n) is 3.61. The Labute approximate surface area is 159 Å². The molecule has 0 bridgehead atoms. The van der Waals surface area contributed by atoms with Crippen LogP contribution in [0.5, 0.6) is 11.5 Å². The second-order valence-corrected chi connectivity index (χ2v) is 7.14. The SMILES string of the molecule is Cc1[nH]c2c(c(=O)c1-c1ccc(Oc3cccc(Cl)c3)cc1)CCCC2.[HH]. The average molecular weight is 368 g/mol. The zero-order valence-electron chi connectivity index (χ0n) is 14.6. The maximum absolute atomic E-state index is 13.0. The Balaban J connectivity index is 0.00000210. The van der Waals surface area contributed by atoms with Crippen molar-refractivity contribution in [2.75, 3.05) is 0 Å².